The molecule has 0 unspecified atom stereocenters. The predicted octanol–water partition coefficient (Wildman–Crippen LogP) is 5.22. The van der Waals surface area contributed by atoms with E-state index in [0.717, 1.165) is 47.0 Å². The van der Waals surface area contributed by atoms with E-state index in [2.05, 4.69) is 35.1 Å². The fourth-order valence-electron chi connectivity index (χ4n) is 2.44. The highest BCUT2D eigenvalue weighted by atomic mass is 79.9. The first kappa shape index (κ1) is 16.2. The van der Waals surface area contributed by atoms with Crippen molar-refractivity contribution in [2.24, 2.45) is 5.92 Å². The molecule has 0 saturated carbocycles. The quantitative estimate of drug-likeness (QED) is 0.763. The van der Waals surface area contributed by atoms with Crippen LogP contribution in [-0.4, -0.2) is 5.91 Å². The van der Waals surface area contributed by atoms with Gasteiger partial charge in [0.15, 0.2) is 0 Å². The van der Waals surface area contributed by atoms with Crippen LogP contribution in [0.4, 0.5) is 5.69 Å². The van der Waals surface area contributed by atoms with Crippen molar-refractivity contribution in [1.82, 2.24) is 0 Å². The van der Waals surface area contributed by atoms with E-state index >= 15 is 0 Å². The van der Waals surface area contributed by atoms with Crippen molar-refractivity contribution in [3.05, 3.63) is 27.7 Å². The molecule has 0 atom stereocenters. The maximum Gasteiger partial charge on any atom is 0.227 e. The van der Waals surface area contributed by atoms with Crippen LogP contribution in [0.15, 0.2) is 16.6 Å². The fourth-order valence-corrected chi connectivity index (χ4v) is 3.12. The predicted molar refractivity (Wildman–Crippen MR) is 85.6 cm³/mol. The lowest BCUT2D eigenvalue weighted by molar-refractivity contribution is -0.120. The van der Waals surface area contributed by atoms with Gasteiger partial charge < -0.3 is 5.32 Å². The SMILES string of the molecule is CCCC(CCC)C(=O)Nc1c(C)cc(Br)cc1C. The Morgan fingerprint density at radius 1 is 1.16 bits per heavy atom. The molecular weight excluding hydrogens is 302 g/mol. The lowest BCUT2D eigenvalue weighted by Gasteiger charge is -2.18. The maximum atomic E-state index is 12.4. The van der Waals surface area contributed by atoms with Gasteiger partial charge in [-0.2, -0.15) is 0 Å². The molecule has 0 fully saturated rings. The summed E-state index contributed by atoms with van der Waals surface area (Å²) in [6.07, 6.45) is 4.04. The summed E-state index contributed by atoms with van der Waals surface area (Å²) >= 11 is 3.48. The molecular formula is C16H24BrNO. The Morgan fingerprint density at radius 2 is 1.63 bits per heavy atom. The lowest BCUT2D eigenvalue weighted by Crippen LogP contribution is -2.23. The number of anilines is 1. The Morgan fingerprint density at radius 3 is 2.05 bits per heavy atom. The molecule has 0 bridgehead atoms. The van der Waals surface area contributed by atoms with Crippen LogP contribution in [0.3, 0.4) is 0 Å². The van der Waals surface area contributed by atoms with Gasteiger partial charge in [-0.3, -0.25) is 4.79 Å². The van der Waals surface area contributed by atoms with Crippen LogP contribution in [0.25, 0.3) is 0 Å². The fraction of sp³-hybridized carbons (Fsp3) is 0.562. The van der Waals surface area contributed by atoms with E-state index in [-0.39, 0.29) is 11.8 Å². The average Bonchev–Trinajstić information content (AvgIpc) is 2.33. The van der Waals surface area contributed by atoms with Crippen molar-refractivity contribution in [3.63, 3.8) is 0 Å². The number of nitrogens with one attached hydrogen (secondary N) is 1. The summed E-state index contributed by atoms with van der Waals surface area (Å²) in [7, 11) is 0. The molecule has 2 nitrogen and oxygen atoms in total. The standard InChI is InChI=1S/C16H24BrNO/c1-5-7-13(8-6-2)16(19)18-15-11(3)9-14(17)10-12(15)4/h9-10,13H,5-8H2,1-4H3,(H,18,19). The van der Waals surface area contributed by atoms with Crippen LogP contribution in [-0.2, 0) is 4.79 Å². The van der Waals surface area contributed by atoms with E-state index < -0.39 is 0 Å². The molecule has 1 amide bonds. The first-order chi connectivity index (χ1) is 8.99. The summed E-state index contributed by atoms with van der Waals surface area (Å²) in [6, 6.07) is 4.08. The van der Waals surface area contributed by atoms with E-state index in [1.807, 2.05) is 26.0 Å². The summed E-state index contributed by atoms with van der Waals surface area (Å²) in [5.41, 5.74) is 3.17. The van der Waals surface area contributed by atoms with Gasteiger partial charge in [0, 0.05) is 16.1 Å². The first-order valence-electron chi connectivity index (χ1n) is 7.07. The van der Waals surface area contributed by atoms with E-state index in [1.165, 1.54) is 0 Å². The second kappa shape index (κ2) is 7.68. The number of aryl methyl sites for hydroxylation is 2. The molecule has 0 aromatic heterocycles. The summed E-state index contributed by atoms with van der Waals surface area (Å²) in [5.74, 6) is 0.301. The van der Waals surface area contributed by atoms with E-state index in [1.54, 1.807) is 0 Å². The third-order valence-electron chi connectivity index (χ3n) is 3.39. The molecule has 0 aliphatic carbocycles. The third-order valence-corrected chi connectivity index (χ3v) is 3.85. The zero-order valence-electron chi connectivity index (χ0n) is 12.3. The van der Waals surface area contributed by atoms with Gasteiger partial charge in [0.1, 0.15) is 0 Å². The van der Waals surface area contributed by atoms with Crippen molar-refractivity contribution in [1.29, 1.82) is 0 Å². The van der Waals surface area contributed by atoms with Crippen LogP contribution < -0.4 is 5.32 Å². The number of carbonyl (C=O) groups excluding carboxylic acids is 1. The minimum Gasteiger partial charge on any atom is -0.325 e. The number of rotatable bonds is 6. The van der Waals surface area contributed by atoms with Gasteiger partial charge in [-0.15, -0.1) is 0 Å². The van der Waals surface area contributed by atoms with Crippen LogP contribution >= 0.6 is 15.9 Å². The Balaban J connectivity index is 2.86. The first-order valence-corrected chi connectivity index (χ1v) is 7.86. The second-order valence-electron chi connectivity index (χ2n) is 5.18. The molecule has 106 valence electrons. The second-order valence-corrected chi connectivity index (χ2v) is 6.09. The van der Waals surface area contributed by atoms with Crippen LogP contribution in [0.2, 0.25) is 0 Å². The van der Waals surface area contributed by atoms with Crippen LogP contribution in [0, 0.1) is 19.8 Å². The van der Waals surface area contributed by atoms with Crippen LogP contribution in [0.1, 0.15) is 50.7 Å². The van der Waals surface area contributed by atoms with Crippen LogP contribution in [0.5, 0.6) is 0 Å². The van der Waals surface area contributed by atoms with E-state index in [4.69, 9.17) is 0 Å². The van der Waals surface area contributed by atoms with Gasteiger partial charge >= 0.3 is 0 Å². The lowest BCUT2D eigenvalue weighted by atomic mass is 9.97. The summed E-state index contributed by atoms with van der Waals surface area (Å²) in [5, 5.41) is 3.12. The average molecular weight is 326 g/mol. The highest BCUT2D eigenvalue weighted by Gasteiger charge is 2.18. The minimum atomic E-state index is 0.137. The molecule has 19 heavy (non-hydrogen) atoms. The Hall–Kier alpha value is -0.830. The third kappa shape index (κ3) is 4.64. The maximum absolute atomic E-state index is 12.4. The molecule has 1 aromatic carbocycles. The largest absolute Gasteiger partial charge is 0.325 e. The van der Waals surface area contributed by atoms with Gasteiger partial charge in [0.25, 0.3) is 0 Å². The zero-order chi connectivity index (χ0) is 14.4. The number of benzene rings is 1. The Kier molecular flexibility index (Phi) is 6.56. The number of hydrogen-bond acceptors (Lipinski definition) is 1. The normalized spacial score (nSPS) is 10.8. The molecule has 0 spiro atoms. The number of halogens is 1. The molecule has 0 aliphatic heterocycles. The highest BCUT2D eigenvalue weighted by Crippen LogP contribution is 2.26. The number of hydrogen-bond donors (Lipinski definition) is 1. The molecule has 0 radical (unpaired) electrons. The monoisotopic (exact) mass is 325 g/mol. The van der Waals surface area contributed by atoms with E-state index in [0.29, 0.717) is 0 Å². The molecule has 3 heteroatoms. The highest BCUT2D eigenvalue weighted by molar-refractivity contribution is 9.10. The van der Waals surface area contributed by atoms with Gasteiger partial charge in [-0.05, 0) is 49.9 Å². The molecule has 0 heterocycles. The summed E-state index contributed by atoms with van der Waals surface area (Å²) < 4.78 is 1.05. The number of carbonyl (C=O) groups is 1. The van der Waals surface area contributed by atoms with Crippen molar-refractivity contribution in [2.75, 3.05) is 5.32 Å². The molecule has 1 rings (SSSR count). The van der Waals surface area contributed by atoms with Gasteiger partial charge in [0.05, 0.1) is 0 Å². The van der Waals surface area contributed by atoms with Crippen molar-refractivity contribution in [2.45, 2.75) is 53.4 Å². The molecule has 1 N–H and O–H groups in total. The van der Waals surface area contributed by atoms with Gasteiger partial charge in [-0.25, -0.2) is 0 Å². The van der Waals surface area contributed by atoms with Gasteiger partial charge in [0.2, 0.25) is 5.91 Å². The molecule has 1 aromatic rings. The Bertz CT molecular complexity index is 413. The topological polar surface area (TPSA) is 29.1 Å². The van der Waals surface area contributed by atoms with Crippen molar-refractivity contribution >= 4 is 27.5 Å². The summed E-state index contributed by atoms with van der Waals surface area (Å²) in [4.78, 5) is 12.4. The van der Waals surface area contributed by atoms with Crippen molar-refractivity contribution in [3.8, 4) is 0 Å². The molecule has 0 saturated heterocycles. The van der Waals surface area contributed by atoms with Gasteiger partial charge in [-0.1, -0.05) is 42.6 Å². The smallest absolute Gasteiger partial charge is 0.227 e. The zero-order valence-corrected chi connectivity index (χ0v) is 13.9. The number of amides is 1. The Labute approximate surface area is 125 Å². The summed E-state index contributed by atoms with van der Waals surface area (Å²) in [6.45, 7) is 8.32. The van der Waals surface area contributed by atoms with E-state index in [9.17, 15) is 4.79 Å². The van der Waals surface area contributed by atoms with Crippen molar-refractivity contribution < 1.29 is 4.79 Å². The minimum absolute atomic E-state index is 0.137. The molecule has 0 aliphatic rings.